The third-order valence-corrected chi connectivity index (χ3v) is 12.9. The molecule has 0 spiro atoms. The molecule has 0 saturated carbocycles. The van der Waals surface area contributed by atoms with Crippen molar-refractivity contribution in [3.8, 4) is 0 Å². The zero-order chi connectivity index (χ0) is 23.4. The summed E-state index contributed by atoms with van der Waals surface area (Å²) in [6, 6.07) is 18.4. The summed E-state index contributed by atoms with van der Waals surface area (Å²) in [5.41, 5.74) is 2.64. The van der Waals surface area contributed by atoms with E-state index in [0.717, 1.165) is 36.7 Å². The first-order valence-electron chi connectivity index (χ1n) is 11.7. The highest BCUT2D eigenvalue weighted by molar-refractivity contribution is 6.80. The first-order valence-corrected chi connectivity index (χ1v) is 14.9. The normalized spacial score (nSPS) is 17.3. The van der Waals surface area contributed by atoms with Crippen LogP contribution in [0.15, 0.2) is 54.6 Å². The van der Waals surface area contributed by atoms with E-state index in [-0.39, 0.29) is 24.4 Å². The van der Waals surface area contributed by atoms with E-state index in [1.54, 1.807) is 0 Å². The first kappa shape index (κ1) is 24.2. The molecular formula is C27H37NO3Si. The van der Waals surface area contributed by atoms with Gasteiger partial charge in [0.15, 0.2) is 0 Å². The average Bonchev–Trinajstić information content (AvgIpc) is 2.76. The minimum atomic E-state index is -1.38. The molecule has 1 aliphatic rings. The fourth-order valence-electron chi connectivity index (χ4n) is 3.89. The second-order valence-electron chi connectivity index (χ2n) is 10.6. The van der Waals surface area contributed by atoms with Crippen LogP contribution in [0, 0.1) is 0 Å². The van der Waals surface area contributed by atoms with Gasteiger partial charge < -0.3 is 9.64 Å². The van der Waals surface area contributed by atoms with Crippen molar-refractivity contribution in [1.29, 1.82) is 0 Å². The predicted octanol–water partition coefficient (Wildman–Crippen LogP) is 6.26. The molecule has 172 valence electrons. The van der Waals surface area contributed by atoms with Crippen LogP contribution in [0.25, 0.3) is 0 Å². The van der Waals surface area contributed by atoms with Gasteiger partial charge in [-0.1, -0.05) is 76.3 Å². The second kappa shape index (κ2) is 10.0. The highest BCUT2D eigenvalue weighted by Crippen LogP contribution is 2.39. The van der Waals surface area contributed by atoms with Crippen LogP contribution in [0.3, 0.4) is 0 Å². The Morgan fingerprint density at radius 1 is 1.06 bits per heavy atom. The largest absolute Gasteiger partial charge is 0.457 e. The van der Waals surface area contributed by atoms with Gasteiger partial charge in [-0.25, -0.2) is 4.79 Å². The molecule has 0 N–H and O–H groups in total. The zero-order valence-electron chi connectivity index (χ0n) is 20.2. The van der Waals surface area contributed by atoms with E-state index < -0.39 is 8.07 Å². The van der Waals surface area contributed by atoms with Gasteiger partial charge in [0.2, 0.25) is 5.91 Å². The quantitative estimate of drug-likeness (QED) is 0.369. The second-order valence-corrected chi connectivity index (χ2v) is 16.4. The van der Waals surface area contributed by atoms with E-state index >= 15 is 0 Å². The van der Waals surface area contributed by atoms with Crippen LogP contribution in [-0.2, 0) is 16.1 Å². The maximum absolute atomic E-state index is 12.8. The summed E-state index contributed by atoms with van der Waals surface area (Å²) in [7, 11) is -1.38. The van der Waals surface area contributed by atoms with Crippen LogP contribution in [0.5, 0.6) is 0 Å². The van der Waals surface area contributed by atoms with Crippen LogP contribution in [0.4, 0.5) is 0 Å². The van der Waals surface area contributed by atoms with Crippen LogP contribution < -0.4 is 0 Å². The Labute approximate surface area is 194 Å². The number of esters is 1. The van der Waals surface area contributed by atoms with Gasteiger partial charge in [0.1, 0.15) is 6.61 Å². The van der Waals surface area contributed by atoms with Crippen molar-refractivity contribution < 1.29 is 14.3 Å². The minimum Gasteiger partial charge on any atom is -0.457 e. The molecule has 1 amide bonds. The van der Waals surface area contributed by atoms with Crippen LogP contribution in [-0.4, -0.2) is 37.9 Å². The monoisotopic (exact) mass is 451 g/mol. The Hall–Kier alpha value is -2.40. The summed E-state index contributed by atoms with van der Waals surface area (Å²) in [6.07, 6.45) is 1.52. The van der Waals surface area contributed by atoms with Crippen molar-refractivity contribution in [3.05, 3.63) is 71.3 Å². The van der Waals surface area contributed by atoms with E-state index in [1.165, 1.54) is 0 Å². The molecule has 0 radical (unpaired) electrons. The third kappa shape index (κ3) is 6.09. The van der Waals surface area contributed by atoms with Crippen molar-refractivity contribution in [2.75, 3.05) is 13.1 Å². The van der Waals surface area contributed by atoms with E-state index in [1.807, 2.05) is 54.6 Å². The number of likely N-dealkylation sites (tertiary alicyclic amines) is 1. The molecule has 1 heterocycles. The number of carbonyl (C=O) groups excluding carboxylic acids is 2. The lowest BCUT2D eigenvalue weighted by molar-refractivity contribution is -0.133. The first-order chi connectivity index (χ1) is 15.1. The molecule has 3 rings (SSSR count). The number of piperidine rings is 1. The van der Waals surface area contributed by atoms with Gasteiger partial charge in [0, 0.05) is 19.5 Å². The van der Waals surface area contributed by atoms with E-state index in [9.17, 15) is 9.59 Å². The lowest BCUT2D eigenvalue weighted by Gasteiger charge is -2.40. The highest BCUT2D eigenvalue weighted by atomic mass is 28.3. The van der Waals surface area contributed by atoms with Gasteiger partial charge in [-0.2, -0.15) is 0 Å². The lowest BCUT2D eigenvalue weighted by Crippen LogP contribution is -2.44. The number of rotatable bonds is 7. The molecule has 2 aromatic carbocycles. The van der Waals surface area contributed by atoms with Crippen molar-refractivity contribution in [1.82, 2.24) is 4.90 Å². The molecule has 0 bridgehead atoms. The topological polar surface area (TPSA) is 46.6 Å². The molecule has 0 aromatic heterocycles. The molecule has 2 aromatic rings. The maximum Gasteiger partial charge on any atom is 0.338 e. The van der Waals surface area contributed by atoms with Gasteiger partial charge in [0.25, 0.3) is 0 Å². The summed E-state index contributed by atoms with van der Waals surface area (Å²) < 4.78 is 5.41. The predicted molar refractivity (Wildman–Crippen MR) is 133 cm³/mol. The lowest BCUT2D eigenvalue weighted by atomic mass is 9.88. The summed E-state index contributed by atoms with van der Waals surface area (Å²) in [5, 5.41) is 0.346. The van der Waals surface area contributed by atoms with Gasteiger partial charge >= 0.3 is 5.97 Å². The van der Waals surface area contributed by atoms with Crippen LogP contribution >= 0.6 is 0 Å². The van der Waals surface area contributed by atoms with E-state index in [0.29, 0.717) is 17.0 Å². The molecule has 1 aliphatic heterocycles. The standard InChI is InChI=1S/C27H37NO3Si/c1-27(2,3)32(4,5)18-17-28-16-15-24(19-25(28)29)22-11-13-23(14-12-22)26(30)31-20-21-9-7-6-8-10-21/h6-14,24H,15-20H2,1-5H3. The fourth-order valence-corrected chi connectivity index (χ4v) is 5.47. The van der Waals surface area contributed by atoms with E-state index in [4.69, 9.17) is 4.74 Å². The summed E-state index contributed by atoms with van der Waals surface area (Å²) >= 11 is 0. The summed E-state index contributed by atoms with van der Waals surface area (Å²) in [5.74, 6) is 0.157. The smallest absolute Gasteiger partial charge is 0.338 e. The molecule has 1 atom stereocenters. The molecule has 4 nitrogen and oxygen atoms in total. The fraction of sp³-hybridized carbons (Fsp3) is 0.481. The maximum atomic E-state index is 12.8. The number of ether oxygens (including phenoxy) is 1. The number of carbonyl (C=O) groups is 2. The van der Waals surface area contributed by atoms with Crippen LogP contribution in [0.2, 0.25) is 24.2 Å². The van der Waals surface area contributed by atoms with Gasteiger partial charge in [0.05, 0.1) is 13.6 Å². The highest BCUT2D eigenvalue weighted by Gasteiger charge is 2.36. The van der Waals surface area contributed by atoms with Crippen molar-refractivity contribution in [2.24, 2.45) is 0 Å². The molecule has 0 aliphatic carbocycles. The number of benzene rings is 2. The molecular weight excluding hydrogens is 414 g/mol. The molecule has 32 heavy (non-hydrogen) atoms. The number of hydrogen-bond acceptors (Lipinski definition) is 3. The van der Waals surface area contributed by atoms with Crippen molar-refractivity contribution >= 4 is 20.0 Å². The van der Waals surface area contributed by atoms with Gasteiger partial charge in [-0.05, 0) is 46.7 Å². The minimum absolute atomic E-state index is 0.223. The SMILES string of the molecule is CC(C)(C)[Si](C)(C)CCN1CCC(c2ccc(C(=O)OCc3ccccc3)cc2)CC1=O. The molecule has 5 heteroatoms. The summed E-state index contributed by atoms with van der Waals surface area (Å²) in [6.45, 7) is 13.8. The van der Waals surface area contributed by atoms with Gasteiger partial charge in [-0.3, -0.25) is 4.79 Å². The zero-order valence-corrected chi connectivity index (χ0v) is 21.2. The number of hydrogen-bond donors (Lipinski definition) is 0. The average molecular weight is 452 g/mol. The Morgan fingerprint density at radius 3 is 2.31 bits per heavy atom. The van der Waals surface area contributed by atoms with Crippen molar-refractivity contribution in [3.63, 3.8) is 0 Å². The number of nitrogens with zero attached hydrogens (tertiary/aromatic N) is 1. The van der Waals surface area contributed by atoms with Gasteiger partial charge in [-0.15, -0.1) is 0 Å². The summed E-state index contributed by atoms with van der Waals surface area (Å²) in [4.78, 5) is 27.2. The molecule has 1 unspecified atom stereocenters. The van der Waals surface area contributed by atoms with Crippen molar-refractivity contribution in [2.45, 2.75) is 70.3 Å². The van der Waals surface area contributed by atoms with Crippen LogP contribution in [0.1, 0.15) is 61.0 Å². The third-order valence-electron chi connectivity index (χ3n) is 7.39. The molecule has 1 fully saturated rings. The Kier molecular flexibility index (Phi) is 7.60. The number of amides is 1. The molecule has 1 saturated heterocycles. The van der Waals surface area contributed by atoms with E-state index in [2.05, 4.69) is 38.8 Å². The Morgan fingerprint density at radius 2 is 1.72 bits per heavy atom. The Balaban J connectivity index is 1.51. The Bertz CT molecular complexity index is 916.